The molecule has 0 saturated carbocycles. The molecule has 2 aromatic rings. The Morgan fingerprint density at radius 3 is 1.80 bits per heavy atom. The van der Waals surface area contributed by atoms with Crippen molar-refractivity contribution in [2.24, 2.45) is 0 Å². The van der Waals surface area contributed by atoms with Crippen LogP contribution < -0.4 is 5.32 Å². The number of benzene rings is 2. The zero-order chi connectivity index (χ0) is 18.8. The summed E-state index contributed by atoms with van der Waals surface area (Å²) in [5.41, 5.74) is 4.35. The van der Waals surface area contributed by atoms with E-state index in [0.29, 0.717) is 5.75 Å². The molecule has 0 radical (unpaired) electrons. The van der Waals surface area contributed by atoms with Crippen LogP contribution in [0.5, 0.6) is 5.75 Å². The third-order valence-corrected chi connectivity index (χ3v) is 4.70. The summed E-state index contributed by atoms with van der Waals surface area (Å²) in [5.74, 6) is 0.444. The van der Waals surface area contributed by atoms with Crippen molar-refractivity contribution in [3.05, 3.63) is 64.7 Å². The first-order valence-electron chi connectivity index (χ1n) is 9.15. The van der Waals surface area contributed by atoms with Crippen LogP contribution >= 0.6 is 0 Å². The third-order valence-electron chi connectivity index (χ3n) is 4.70. The van der Waals surface area contributed by atoms with E-state index in [4.69, 9.17) is 0 Å². The topological polar surface area (TPSA) is 32.3 Å². The third kappa shape index (κ3) is 4.85. The van der Waals surface area contributed by atoms with Crippen molar-refractivity contribution in [2.75, 3.05) is 0 Å². The maximum atomic E-state index is 10.8. The largest absolute Gasteiger partial charge is 0.507 e. The molecule has 2 rings (SSSR count). The van der Waals surface area contributed by atoms with Gasteiger partial charge in [-0.25, -0.2) is 0 Å². The van der Waals surface area contributed by atoms with Gasteiger partial charge in [-0.15, -0.1) is 0 Å². The maximum absolute atomic E-state index is 10.8. The molecule has 0 heterocycles. The molecule has 2 N–H and O–H groups in total. The fourth-order valence-electron chi connectivity index (χ4n) is 3.07. The smallest absolute Gasteiger partial charge is 0.123 e. The van der Waals surface area contributed by atoms with Gasteiger partial charge in [0, 0.05) is 12.6 Å². The molecule has 0 spiro atoms. The Morgan fingerprint density at radius 1 is 0.880 bits per heavy atom. The summed E-state index contributed by atoms with van der Waals surface area (Å²) in [7, 11) is 0. The van der Waals surface area contributed by atoms with E-state index in [2.05, 4.69) is 90.2 Å². The molecule has 0 unspecified atom stereocenters. The van der Waals surface area contributed by atoms with Crippen LogP contribution in [0.3, 0.4) is 0 Å². The van der Waals surface area contributed by atoms with E-state index in [-0.39, 0.29) is 16.9 Å². The van der Waals surface area contributed by atoms with Gasteiger partial charge in [0.15, 0.2) is 0 Å². The molecule has 1 atom stereocenters. The van der Waals surface area contributed by atoms with Crippen LogP contribution in [0, 0.1) is 0 Å². The summed E-state index contributed by atoms with van der Waals surface area (Å²) >= 11 is 0. The number of phenols is 1. The Morgan fingerprint density at radius 2 is 1.36 bits per heavy atom. The molecule has 2 aromatic carbocycles. The first-order valence-corrected chi connectivity index (χ1v) is 9.15. The second-order valence-corrected chi connectivity index (χ2v) is 9.05. The second kappa shape index (κ2) is 7.21. The molecule has 2 nitrogen and oxygen atoms in total. The Labute approximate surface area is 153 Å². The lowest BCUT2D eigenvalue weighted by Gasteiger charge is -2.28. The van der Waals surface area contributed by atoms with Gasteiger partial charge in [0.25, 0.3) is 0 Å². The van der Waals surface area contributed by atoms with E-state index < -0.39 is 0 Å². The van der Waals surface area contributed by atoms with Crippen molar-refractivity contribution in [3.63, 3.8) is 0 Å². The van der Waals surface area contributed by atoms with E-state index in [1.54, 1.807) is 0 Å². The predicted octanol–water partition coefficient (Wildman–Crippen LogP) is 5.84. The van der Waals surface area contributed by atoms with Crippen molar-refractivity contribution < 1.29 is 5.11 Å². The predicted molar refractivity (Wildman–Crippen MR) is 107 cm³/mol. The summed E-state index contributed by atoms with van der Waals surface area (Å²) in [4.78, 5) is 0. The molecule has 0 amide bonds. The van der Waals surface area contributed by atoms with Gasteiger partial charge in [0.2, 0.25) is 0 Å². The first kappa shape index (κ1) is 19.5. The zero-order valence-corrected chi connectivity index (χ0v) is 16.8. The van der Waals surface area contributed by atoms with E-state index >= 15 is 0 Å². The van der Waals surface area contributed by atoms with Gasteiger partial charge in [-0.3, -0.25) is 0 Å². The quantitative estimate of drug-likeness (QED) is 0.733. The van der Waals surface area contributed by atoms with Gasteiger partial charge < -0.3 is 10.4 Å². The highest BCUT2D eigenvalue weighted by atomic mass is 16.3. The van der Waals surface area contributed by atoms with Crippen LogP contribution in [0.2, 0.25) is 0 Å². The van der Waals surface area contributed by atoms with Gasteiger partial charge in [-0.2, -0.15) is 0 Å². The number of hydrogen-bond donors (Lipinski definition) is 2. The average molecular weight is 340 g/mol. The summed E-state index contributed by atoms with van der Waals surface area (Å²) in [6.45, 7) is 15.9. The standard InChI is InChI=1S/C23H33NO/c1-16(18-11-9-8-10-12-18)24-15-17-13-19(22(2,3)4)21(25)20(14-17)23(5,6)7/h8-14,16,24-25H,15H2,1-7H3/t16-/m0/s1. The van der Waals surface area contributed by atoms with Gasteiger partial charge in [-0.1, -0.05) is 84.0 Å². The molecular formula is C23H33NO. The number of phenolic OH excluding ortho intramolecular Hbond substituents is 1. The lowest BCUT2D eigenvalue weighted by molar-refractivity contribution is 0.422. The van der Waals surface area contributed by atoms with Crippen LogP contribution in [0.4, 0.5) is 0 Å². The molecule has 0 bridgehead atoms. The van der Waals surface area contributed by atoms with Crippen LogP contribution in [0.15, 0.2) is 42.5 Å². The van der Waals surface area contributed by atoms with Crippen molar-refractivity contribution in [1.29, 1.82) is 0 Å². The highest BCUT2D eigenvalue weighted by Crippen LogP contribution is 2.39. The molecule has 0 aromatic heterocycles. The van der Waals surface area contributed by atoms with Crippen LogP contribution in [-0.4, -0.2) is 5.11 Å². The van der Waals surface area contributed by atoms with E-state index in [9.17, 15) is 5.11 Å². The van der Waals surface area contributed by atoms with Crippen molar-refractivity contribution in [3.8, 4) is 5.75 Å². The fourth-order valence-corrected chi connectivity index (χ4v) is 3.07. The van der Waals surface area contributed by atoms with Gasteiger partial charge >= 0.3 is 0 Å². The minimum atomic E-state index is -0.0921. The molecule has 136 valence electrons. The molecule has 0 aliphatic carbocycles. The minimum absolute atomic E-state index is 0.0921. The van der Waals surface area contributed by atoms with E-state index in [1.165, 1.54) is 11.1 Å². The highest BCUT2D eigenvalue weighted by Gasteiger charge is 2.26. The lowest BCUT2D eigenvalue weighted by atomic mass is 9.78. The summed E-state index contributed by atoms with van der Waals surface area (Å²) < 4.78 is 0. The van der Waals surface area contributed by atoms with Crippen molar-refractivity contribution in [1.82, 2.24) is 5.32 Å². The Balaban J connectivity index is 2.31. The number of aromatic hydroxyl groups is 1. The second-order valence-electron chi connectivity index (χ2n) is 9.05. The number of nitrogens with one attached hydrogen (secondary N) is 1. The Hall–Kier alpha value is -1.80. The van der Waals surface area contributed by atoms with Crippen molar-refractivity contribution >= 4 is 0 Å². The first-order chi connectivity index (χ1) is 11.5. The fraction of sp³-hybridized carbons (Fsp3) is 0.478. The maximum Gasteiger partial charge on any atom is 0.123 e. The van der Waals surface area contributed by atoms with E-state index in [1.807, 2.05) is 6.07 Å². The minimum Gasteiger partial charge on any atom is -0.507 e. The Kier molecular flexibility index (Phi) is 5.63. The molecule has 25 heavy (non-hydrogen) atoms. The highest BCUT2D eigenvalue weighted by molar-refractivity contribution is 5.49. The molecule has 0 saturated heterocycles. The summed E-state index contributed by atoms with van der Waals surface area (Å²) in [6.07, 6.45) is 0. The van der Waals surface area contributed by atoms with Gasteiger partial charge in [-0.05, 0) is 40.0 Å². The van der Waals surface area contributed by atoms with Gasteiger partial charge in [0.1, 0.15) is 5.75 Å². The lowest BCUT2D eigenvalue weighted by Crippen LogP contribution is -2.21. The zero-order valence-electron chi connectivity index (χ0n) is 16.8. The summed E-state index contributed by atoms with van der Waals surface area (Å²) in [6, 6.07) is 15.1. The van der Waals surface area contributed by atoms with Crippen molar-refractivity contribution in [2.45, 2.75) is 71.9 Å². The average Bonchev–Trinajstić information content (AvgIpc) is 2.52. The Bertz CT molecular complexity index is 670. The molecule has 0 fully saturated rings. The molecule has 0 aliphatic rings. The monoisotopic (exact) mass is 339 g/mol. The van der Waals surface area contributed by atoms with Crippen LogP contribution in [-0.2, 0) is 17.4 Å². The molecule has 2 heteroatoms. The van der Waals surface area contributed by atoms with Gasteiger partial charge in [0.05, 0.1) is 0 Å². The molecule has 0 aliphatic heterocycles. The molecular weight excluding hydrogens is 306 g/mol. The van der Waals surface area contributed by atoms with E-state index in [0.717, 1.165) is 17.7 Å². The van der Waals surface area contributed by atoms with Crippen LogP contribution in [0.1, 0.15) is 76.8 Å². The van der Waals surface area contributed by atoms with Crippen LogP contribution in [0.25, 0.3) is 0 Å². The SMILES string of the molecule is C[C@H](NCc1cc(C(C)(C)C)c(O)c(C(C)(C)C)c1)c1ccccc1. The number of rotatable bonds is 4. The summed E-state index contributed by atoms with van der Waals surface area (Å²) in [5, 5.41) is 14.4. The number of hydrogen-bond acceptors (Lipinski definition) is 2. The normalized spacial score (nSPS) is 13.7.